The molecule has 5 N–H and O–H groups in total. The molecule has 1 unspecified atom stereocenters. The van der Waals surface area contributed by atoms with E-state index < -0.39 is 36.9 Å². The molecule has 5 atom stereocenters. The molecule has 2 heterocycles. The maximum atomic E-state index is 10.2. The fourth-order valence-corrected chi connectivity index (χ4v) is 1.80. The molecule has 0 aliphatic carbocycles. The number of aromatic nitrogens is 3. The minimum absolute atomic E-state index is 0.637. The molecular formula is C8H13N3O6. The Morgan fingerprint density at radius 3 is 2.53 bits per heavy atom. The van der Waals surface area contributed by atoms with E-state index in [4.69, 9.17) is 9.84 Å². The second-order valence-electron chi connectivity index (χ2n) is 3.77. The Morgan fingerprint density at radius 2 is 2.00 bits per heavy atom. The molecule has 0 amide bonds. The van der Waals surface area contributed by atoms with Crippen LogP contribution in [0.25, 0.3) is 0 Å². The van der Waals surface area contributed by atoms with Gasteiger partial charge in [-0.25, -0.2) is 4.68 Å². The Labute approximate surface area is 95.5 Å². The van der Waals surface area contributed by atoms with Crippen LogP contribution in [0, 0.1) is 0 Å². The lowest BCUT2D eigenvalue weighted by Gasteiger charge is -2.45. The minimum Gasteiger partial charge on any atom is -0.394 e. The maximum absolute atomic E-state index is 10.2. The standard InChI is InChI=1S/C8H13N3O6/c12-3-4-5(13)8(16,6(14)7(15)17-4)11-2-1-9-10-11/h1-2,4-7,12-16H,3H2/t4-,5+,6+,7?,8+/m1/s1. The van der Waals surface area contributed by atoms with Crippen molar-refractivity contribution >= 4 is 0 Å². The number of ether oxygens (including phenoxy) is 1. The SMILES string of the molecule is OC[C@H]1OC(O)[C@H](O)[C@](O)(n2ccnn2)[C@H]1O. The normalized spacial score (nSPS) is 42.6. The lowest BCUT2D eigenvalue weighted by Crippen LogP contribution is -2.67. The van der Waals surface area contributed by atoms with Crippen molar-refractivity contribution in [3.05, 3.63) is 12.4 Å². The molecule has 1 saturated heterocycles. The molecule has 96 valence electrons. The molecule has 0 radical (unpaired) electrons. The van der Waals surface area contributed by atoms with E-state index in [0.717, 1.165) is 4.68 Å². The van der Waals surface area contributed by atoms with E-state index in [1.165, 1.54) is 12.4 Å². The molecule has 1 fully saturated rings. The number of nitrogens with zero attached hydrogens (tertiary/aromatic N) is 3. The highest BCUT2D eigenvalue weighted by Gasteiger charge is 2.56. The highest BCUT2D eigenvalue weighted by molar-refractivity contribution is 4.98. The third kappa shape index (κ3) is 1.73. The highest BCUT2D eigenvalue weighted by atomic mass is 16.6. The molecule has 1 aliphatic heterocycles. The number of rotatable bonds is 2. The first-order valence-electron chi connectivity index (χ1n) is 4.91. The largest absolute Gasteiger partial charge is 0.394 e. The molecule has 1 aromatic heterocycles. The first-order chi connectivity index (χ1) is 8.01. The third-order valence-electron chi connectivity index (χ3n) is 2.78. The van der Waals surface area contributed by atoms with E-state index in [1.807, 2.05) is 0 Å². The summed E-state index contributed by atoms with van der Waals surface area (Å²) in [6, 6.07) is 0. The van der Waals surface area contributed by atoms with Crippen LogP contribution in [0.1, 0.15) is 0 Å². The summed E-state index contributed by atoms with van der Waals surface area (Å²) in [5.41, 5.74) is -2.32. The summed E-state index contributed by atoms with van der Waals surface area (Å²) in [6.45, 7) is -0.637. The average molecular weight is 247 g/mol. The van der Waals surface area contributed by atoms with Gasteiger partial charge in [-0.2, -0.15) is 0 Å². The number of aliphatic hydroxyl groups excluding tert-OH is 4. The predicted octanol–water partition coefficient (Wildman–Crippen LogP) is -3.65. The lowest BCUT2D eigenvalue weighted by atomic mass is 9.92. The van der Waals surface area contributed by atoms with Crippen molar-refractivity contribution in [1.82, 2.24) is 15.0 Å². The number of hydrogen-bond acceptors (Lipinski definition) is 8. The Bertz CT molecular complexity index is 373. The van der Waals surface area contributed by atoms with Crippen molar-refractivity contribution in [3.63, 3.8) is 0 Å². The van der Waals surface area contributed by atoms with Crippen LogP contribution in [0.15, 0.2) is 12.4 Å². The molecule has 17 heavy (non-hydrogen) atoms. The Balaban J connectivity index is 2.40. The molecule has 0 aromatic carbocycles. The number of aliphatic hydroxyl groups is 5. The predicted molar refractivity (Wildman–Crippen MR) is 50.2 cm³/mol. The van der Waals surface area contributed by atoms with Crippen molar-refractivity contribution < 1.29 is 30.3 Å². The average Bonchev–Trinajstić information content (AvgIpc) is 2.85. The summed E-state index contributed by atoms with van der Waals surface area (Å²) in [7, 11) is 0. The van der Waals surface area contributed by atoms with Crippen LogP contribution in [0.3, 0.4) is 0 Å². The fraction of sp³-hybridized carbons (Fsp3) is 0.750. The summed E-state index contributed by atoms with van der Waals surface area (Å²) in [5.74, 6) is 0. The lowest BCUT2D eigenvalue weighted by molar-refractivity contribution is -0.350. The zero-order valence-electron chi connectivity index (χ0n) is 8.66. The summed E-state index contributed by atoms with van der Waals surface area (Å²) in [4.78, 5) is 0. The van der Waals surface area contributed by atoms with E-state index in [1.54, 1.807) is 0 Å². The summed E-state index contributed by atoms with van der Waals surface area (Å²) in [6.07, 6.45) is -4.08. The monoisotopic (exact) mass is 247 g/mol. The Kier molecular flexibility index (Phi) is 3.12. The van der Waals surface area contributed by atoms with Gasteiger partial charge in [0.2, 0.25) is 5.72 Å². The molecule has 0 saturated carbocycles. The summed E-state index contributed by atoms with van der Waals surface area (Å²) < 4.78 is 5.54. The van der Waals surface area contributed by atoms with Gasteiger partial charge in [0.15, 0.2) is 12.4 Å². The molecule has 2 rings (SSSR count). The van der Waals surface area contributed by atoms with Gasteiger partial charge in [0, 0.05) is 6.20 Å². The van der Waals surface area contributed by atoms with Crippen LogP contribution in [0.5, 0.6) is 0 Å². The van der Waals surface area contributed by atoms with Crippen LogP contribution in [-0.4, -0.2) is 71.7 Å². The summed E-state index contributed by atoms with van der Waals surface area (Å²) in [5, 5.41) is 55.1. The van der Waals surface area contributed by atoms with Crippen LogP contribution >= 0.6 is 0 Å². The Hall–Kier alpha value is -1.10. The summed E-state index contributed by atoms with van der Waals surface area (Å²) >= 11 is 0. The van der Waals surface area contributed by atoms with Crippen molar-refractivity contribution in [2.45, 2.75) is 30.3 Å². The van der Waals surface area contributed by atoms with Crippen molar-refractivity contribution in [2.24, 2.45) is 0 Å². The van der Waals surface area contributed by atoms with Gasteiger partial charge in [0.05, 0.1) is 12.8 Å². The van der Waals surface area contributed by atoms with E-state index in [0.29, 0.717) is 0 Å². The van der Waals surface area contributed by atoms with Crippen molar-refractivity contribution in [1.29, 1.82) is 0 Å². The second-order valence-corrected chi connectivity index (χ2v) is 3.77. The van der Waals surface area contributed by atoms with Gasteiger partial charge in [-0.1, -0.05) is 5.21 Å². The zero-order valence-corrected chi connectivity index (χ0v) is 8.66. The molecule has 9 heteroatoms. The second kappa shape index (κ2) is 4.29. The van der Waals surface area contributed by atoms with Gasteiger partial charge in [0.1, 0.15) is 12.2 Å². The van der Waals surface area contributed by atoms with E-state index in [9.17, 15) is 20.4 Å². The topological polar surface area (TPSA) is 141 Å². The van der Waals surface area contributed by atoms with Crippen molar-refractivity contribution in [3.8, 4) is 0 Å². The fourth-order valence-electron chi connectivity index (χ4n) is 1.80. The molecule has 1 aromatic rings. The van der Waals surface area contributed by atoms with Gasteiger partial charge in [0.25, 0.3) is 0 Å². The maximum Gasteiger partial charge on any atom is 0.219 e. The first kappa shape index (κ1) is 12.4. The first-order valence-corrected chi connectivity index (χ1v) is 4.91. The smallest absolute Gasteiger partial charge is 0.219 e. The van der Waals surface area contributed by atoms with Gasteiger partial charge in [-0.05, 0) is 0 Å². The van der Waals surface area contributed by atoms with Gasteiger partial charge in [-0.15, -0.1) is 5.10 Å². The number of hydrogen-bond donors (Lipinski definition) is 5. The minimum atomic E-state index is -2.32. The molecular weight excluding hydrogens is 234 g/mol. The van der Waals surface area contributed by atoms with E-state index in [2.05, 4.69) is 10.3 Å². The zero-order chi connectivity index (χ0) is 12.6. The van der Waals surface area contributed by atoms with E-state index in [-0.39, 0.29) is 0 Å². The van der Waals surface area contributed by atoms with Gasteiger partial charge in [-0.3, -0.25) is 0 Å². The van der Waals surface area contributed by atoms with Crippen LogP contribution < -0.4 is 0 Å². The Morgan fingerprint density at radius 1 is 1.29 bits per heavy atom. The van der Waals surface area contributed by atoms with Crippen LogP contribution in [-0.2, 0) is 10.5 Å². The van der Waals surface area contributed by atoms with Gasteiger partial charge < -0.3 is 30.3 Å². The molecule has 0 spiro atoms. The molecule has 1 aliphatic rings. The highest BCUT2D eigenvalue weighted by Crippen LogP contribution is 2.32. The van der Waals surface area contributed by atoms with Gasteiger partial charge >= 0.3 is 0 Å². The van der Waals surface area contributed by atoms with Crippen LogP contribution in [0.2, 0.25) is 0 Å². The quantitative estimate of drug-likeness (QED) is 0.360. The van der Waals surface area contributed by atoms with Crippen molar-refractivity contribution in [2.75, 3.05) is 6.61 Å². The third-order valence-corrected chi connectivity index (χ3v) is 2.78. The molecule has 0 bridgehead atoms. The van der Waals surface area contributed by atoms with Crippen LogP contribution in [0.4, 0.5) is 0 Å². The van der Waals surface area contributed by atoms with E-state index >= 15 is 0 Å². The molecule has 9 nitrogen and oxygen atoms in total.